The van der Waals surface area contributed by atoms with Gasteiger partial charge in [0.15, 0.2) is 11.5 Å². The van der Waals surface area contributed by atoms with E-state index in [1.165, 1.54) is 25.9 Å². The van der Waals surface area contributed by atoms with Crippen LogP contribution in [0.15, 0.2) is 18.2 Å². The summed E-state index contributed by atoms with van der Waals surface area (Å²) in [6, 6.07) is 5.67. The second-order valence-electron chi connectivity index (χ2n) is 8.62. The van der Waals surface area contributed by atoms with Gasteiger partial charge in [0.25, 0.3) is 0 Å². The summed E-state index contributed by atoms with van der Waals surface area (Å²) in [4.78, 5) is 14.5. The van der Waals surface area contributed by atoms with Crippen molar-refractivity contribution in [2.75, 3.05) is 39.9 Å². The molecular weight excluding hydrogens is 409 g/mol. The summed E-state index contributed by atoms with van der Waals surface area (Å²) in [7, 11) is 2.17. The van der Waals surface area contributed by atoms with E-state index in [1.807, 2.05) is 18.2 Å². The molecule has 1 N–H and O–H groups in total. The van der Waals surface area contributed by atoms with Gasteiger partial charge in [0.2, 0.25) is 5.91 Å². The first-order chi connectivity index (χ1) is 14.8. The Hall–Kier alpha value is -1.96. The zero-order valence-corrected chi connectivity index (χ0v) is 18.2. The first-order valence-corrected chi connectivity index (χ1v) is 11.2. The molecule has 2 fully saturated rings. The first-order valence-electron chi connectivity index (χ1n) is 11.2. The molecule has 1 aliphatic carbocycles. The van der Waals surface area contributed by atoms with E-state index in [0.29, 0.717) is 44.8 Å². The molecule has 0 unspecified atom stereocenters. The van der Waals surface area contributed by atoms with Crippen LogP contribution in [0.2, 0.25) is 0 Å². The van der Waals surface area contributed by atoms with Gasteiger partial charge in [0.05, 0.1) is 5.92 Å². The number of hydrogen-bond donors (Lipinski definition) is 1. The molecule has 3 aliphatic rings. The average molecular weight is 443 g/mol. The fraction of sp³-hybridized carbons (Fsp3) is 0.696. The van der Waals surface area contributed by atoms with Gasteiger partial charge in [-0.2, -0.15) is 13.2 Å². The summed E-state index contributed by atoms with van der Waals surface area (Å²) in [6.07, 6.45) is 0.0283. The van der Waals surface area contributed by atoms with Crippen LogP contribution in [-0.4, -0.2) is 56.9 Å². The Morgan fingerprint density at radius 2 is 1.71 bits per heavy atom. The molecule has 8 heteroatoms. The molecule has 2 heterocycles. The lowest BCUT2D eigenvalue weighted by Gasteiger charge is -2.29. The number of carbonyl (C=O) groups is 1. The van der Waals surface area contributed by atoms with Crippen molar-refractivity contribution in [2.24, 2.45) is 11.8 Å². The second-order valence-corrected chi connectivity index (χ2v) is 8.62. The molecule has 4 rings (SSSR count). The number of nitrogens with zero attached hydrogens (tertiary/aromatic N) is 1. The van der Waals surface area contributed by atoms with E-state index < -0.39 is 12.1 Å². The summed E-state index contributed by atoms with van der Waals surface area (Å²) in [5, 5.41) is 2.84. The van der Waals surface area contributed by atoms with E-state index in [0.717, 1.165) is 11.3 Å². The highest BCUT2D eigenvalue weighted by Crippen LogP contribution is 2.39. The van der Waals surface area contributed by atoms with Crippen molar-refractivity contribution in [3.05, 3.63) is 23.8 Å². The van der Waals surface area contributed by atoms with Gasteiger partial charge in [-0.25, -0.2) is 0 Å². The van der Waals surface area contributed by atoms with Crippen LogP contribution in [0.4, 0.5) is 13.2 Å². The van der Waals surface area contributed by atoms with Crippen LogP contribution in [0, 0.1) is 11.8 Å². The van der Waals surface area contributed by atoms with Crippen LogP contribution in [0.25, 0.3) is 0 Å². The van der Waals surface area contributed by atoms with Crippen molar-refractivity contribution in [3.63, 3.8) is 0 Å². The Morgan fingerprint density at radius 3 is 2.29 bits per heavy atom. The lowest BCUT2D eigenvalue weighted by atomic mass is 9.81. The van der Waals surface area contributed by atoms with Gasteiger partial charge in [0, 0.05) is 12.5 Å². The molecule has 1 aromatic carbocycles. The van der Waals surface area contributed by atoms with Gasteiger partial charge >= 0.3 is 6.18 Å². The van der Waals surface area contributed by atoms with Crippen LogP contribution in [0.3, 0.4) is 0 Å². The number of alkyl halides is 3. The molecule has 0 bridgehead atoms. The number of nitrogens with one attached hydrogen (secondary N) is 1. The monoisotopic (exact) mass is 442 g/mol. The molecule has 31 heavy (non-hydrogen) atoms. The molecule has 5 nitrogen and oxygen atoms in total. The molecule has 1 saturated heterocycles. The van der Waals surface area contributed by atoms with Crippen molar-refractivity contribution < 1.29 is 27.4 Å². The largest absolute Gasteiger partial charge is 0.486 e. The summed E-state index contributed by atoms with van der Waals surface area (Å²) < 4.78 is 49.0. The Bertz CT molecular complexity index is 713. The van der Waals surface area contributed by atoms with E-state index in [-0.39, 0.29) is 24.7 Å². The Balaban J connectivity index is 0.000000391. The van der Waals surface area contributed by atoms with Crippen LogP contribution >= 0.6 is 0 Å². The maximum absolute atomic E-state index is 12.7. The van der Waals surface area contributed by atoms with Gasteiger partial charge in [-0.05, 0) is 82.8 Å². The lowest BCUT2D eigenvalue weighted by molar-refractivity contribution is -0.184. The van der Waals surface area contributed by atoms with Crippen molar-refractivity contribution in [1.29, 1.82) is 0 Å². The first kappa shape index (κ1) is 23.7. The molecule has 1 aromatic rings. The molecule has 0 atom stereocenters. The SMILES string of the molecule is CN1CCCC1.O=C(NCCc1ccc2c(c1)OCCO2)C1CCC(C(F)(F)F)CC1. The third-order valence-electron chi connectivity index (χ3n) is 6.21. The van der Waals surface area contributed by atoms with Crippen molar-refractivity contribution in [3.8, 4) is 11.5 Å². The number of halogens is 3. The zero-order chi connectivity index (χ0) is 22.3. The van der Waals surface area contributed by atoms with Crippen LogP contribution in [0.1, 0.15) is 44.1 Å². The fourth-order valence-electron chi connectivity index (χ4n) is 4.28. The summed E-state index contributed by atoms with van der Waals surface area (Å²) in [5.41, 5.74) is 1.02. The lowest BCUT2D eigenvalue weighted by Crippen LogP contribution is -2.36. The smallest absolute Gasteiger partial charge is 0.391 e. The highest BCUT2D eigenvalue weighted by molar-refractivity contribution is 5.78. The standard InChI is InChI=1S/C18H22F3NO3.C5H11N/c19-18(20,21)14-4-2-13(3-5-14)17(23)22-8-7-12-1-6-15-16(11-12)25-10-9-24-15;1-6-4-2-3-5-6/h1,6,11,13-14H,2-5,7-10H2,(H,22,23);2-5H2,1H3. The molecule has 0 aromatic heterocycles. The minimum atomic E-state index is -4.14. The maximum atomic E-state index is 12.7. The second kappa shape index (κ2) is 11.1. The normalized spacial score (nSPS) is 23.6. The molecule has 1 saturated carbocycles. The van der Waals surface area contributed by atoms with E-state index >= 15 is 0 Å². The Morgan fingerprint density at radius 1 is 1.06 bits per heavy atom. The van der Waals surface area contributed by atoms with Crippen molar-refractivity contribution >= 4 is 5.91 Å². The third kappa shape index (κ3) is 7.30. The highest BCUT2D eigenvalue weighted by Gasteiger charge is 2.42. The zero-order valence-electron chi connectivity index (χ0n) is 18.2. The topological polar surface area (TPSA) is 50.8 Å². The van der Waals surface area contributed by atoms with E-state index in [9.17, 15) is 18.0 Å². The predicted octanol–water partition coefficient (Wildman–Crippen LogP) is 4.20. The maximum Gasteiger partial charge on any atom is 0.391 e. The molecular formula is C23H33F3N2O3. The summed E-state index contributed by atoms with van der Waals surface area (Å²) >= 11 is 0. The van der Waals surface area contributed by atoms with Crippen LogP contribution < -0.4 is 14.8 Å². The minimum Gasteiger partial charge on any atom is -0.486 e. The number of carbonyl (C=O) groups excluding carboxylic acids is 1. The van der Waals surface area contributed by atoms with E-state index in [4.69, 9.17) is 9.47 Å². The number of likely N-dealkylation sites (tertiary alicyclic amines) is 1. The fourth-order valence-corrected chi connectivity index (χ4v) is 4.28. The number of rotatable bonds is 4. The third-order valence-corrected chi connectivity index (χ3v) is 6.21. The molecule has 2 aliphatic heterocycles. The number of fused-ring (bicyclic) bond motifs is 1. The number of hydrogen-bond acceptors (Lipinski definition) is 4. The van der Waals surface area contributed by atoms with Crippen LogP contribution in [0.5, 0.6) is 11.5 Å². The minimum absolute atomic E-state index is 0.0454. The molecule has 0 spiro atoms. The van der Waals surface area contributed by atoms with Gasteiger partial charge < -0.3 is 19.7 Å². The van der Waals surface area contributed by atoms with Gasteiger partial charge in [-0.3, -0.25) is 4.79 Å². The van der Waals surface area contributed by atoms with Crippen molar-refractivity contribution in [1.82, 2.24) is 10.2 Å². The van der Waals surface area contributed by atoms with E-state index in [2.05, 4.69) is 17.3 Å². The average Bonchev–Trinajstić information content (AvgIpc) is 3.24. The van der Waals surface area contributed by atoms with Crippen LogP contribution in [-0.2, 0) is 11.2 Å². The number of benzene rings is 1. The predicted molar refractivity (Wildman–Crippen MR) is 112 cm³/mol. The molecule has 0 radical (unpaired) electrons. The number of amides is 1. The summed E-state index contributed by atoms with van der Waals surface area (Å²) in [6.45, 7) is 4.16. The van der Waals surface area contributed by atoms with Gasteiger partial charge in [0.1, 0.15) is 13.2 Å². The van der Waals surface area contributed by atoms with Gasteiger partial charge in [-0.15, -0.1) is 0 Å². The quantitative estimate of drug-likeness (QED) is 0.760. The molecule has 174 valence electrons. The van der Waals surface area contributed by atoms with E-state index in [1.54, 1.807) is 0 Å². The highest BCUT2D eigenvalue weighted by atomic mass is 19.4. The Kier molecular flexibility index (Phi) is 8.46. The number of ether oxygens (including phenoxy) is 2. The summed E-state index contributed by atoms with van der Waals surface area (Å²) in [5.74, 6) is -0.271. The Labute approximate surface area is 182 Å². The molecule has 1 amide bonds. The van der Waals surface area contributed by atoms with Crippen molar-refractivity contribution in [2.45, 2.75) is 51.1 Å². The van der Waals surface area contributed by atoms with Gasteiger partial charge in [-0.1, -0.05) is 6.07 Å².